The number of likely N-dealkylation sites (tertiary alicyclic amines) is 1. The molecule has 4 nitrogen and oxygen atoms in total. The first-order valence-corrected chi connectivity index (χ1v) is 9.05. The summed E-state index contributed by atoms with van der Waals surface area (Å²) in [4.78, 5) is 9.78. The number of aliphatic hydroxyl groups is 1. The number of piperidine rings is 2. The predicted octanol–water partition coefficient (Wildman–Crippen LogP) is 2.83. The lowest BCUT2D eigenvalue weighted by Crippen LogP contribution is -2.61. The third-order valence-corrected chi connectivity index (χ3v) is 6.25. The van der Waals surface area contributed by atoms with Crippen LogP contribution >= 0.6 is 0 Å². The maximum absolute atomic E-state index is 10.1. The van der Waals surface area contributed by atoms with E-state index in [0.29, 0.717) is 12.6 Å². The third-order valence-electron chi connectivity index (χ3n) is 6.25. The normalized spacial score (nSPS) is 28.1. The van der Waals surface area contributed by atoms with Gasteiger partial charge in [-0.25, -0.2) is 4.98 Å². The minimum absolute atomic E-state index is 0.0788. The van der Waals surface area contributed by atoms with Crippen molar-refractivity contribution in [3.05, 3.63) is 35.9 Å². The number of aromatic nitrogens is 1. The molecule has 0 spiro atoms. The molecule has 2 aliphatic heterocycles. The van der Waals surface area contributed by atoms with Crippen LogP contribution in [0.2, 0.25) is 0 Å². The molecular formula is C20H27N3O. The molecule has 0 bridgehead atoms. The molecule has 2 aliphatic rings. The van der Waals surface area contributed by atoms with Crippen LogP contribution in [0.4, 0.5) is 5.82 Å². The summed E-state index contributed by atoms with van der Waals surface area (Å²) in [5.41, 5.74) is 2.44. The van der Waals surface area contributed by atoms with Crippen LogP contribution < -0.4 is 4.90 Å². The second-order valence-electron chi connectivity index (χ2n) is 7.63. The number of hydrogen-bond donors (Lipinski definition) is 1. The van der Waals surface area contributed by atoms with Gasteiger partial charge >= 0.3 is 0 Å². The molecule has 0 aliphatic carbocycles. The second-order valence-corrected chi connectivity index (χ2v) is 7.63. The van der Waals surface area contributed by atoms with Gasteiger partial charge in [-0.1, -0.05) is 18.2 Å². The van der Waals surface area contributed by atoms with Crippen LogP contribution in [0.15, 0.2) is 30.3 Å². The van der Waals surface area contributed by atoms with E-state index < -0.39 is 0 Å². The molecule has 0 amide bonds. The first-order valence-electron chi connectivity index (χ1n) is 9.05. The van der Waals surface area contributed by atoms with Gasteiger partial charge in [0, 0.05) is 29.9 Å². The second kappa shape index (κ2) is 6.01. The number of fused-ring (bicyclic) bond motifs is 2. The van der Waals surface area contributed by atoms with Crippen molar-refractivity contribution in [1.29, 1.82) is 0 Å². The van der Waals surface area contributed by atoms with Gasteiger partial charge in [-0.2, -0.15) is 0 Å². The molecule has 0 unspecified atom stereocenters. The molecule has 0 radical (unpaired) electrons. The molecule has 3 heterocycles. The van der Waals surface area contributed by atoms with Crippen molar-refractivity contribution in [3.63, 3.8) is 0 Å². The molecule has 1 aromatic heterocycles. The highest BCUT2D eigenvalue weighted by atomic mass is 16.3. The van der Waals surface area contributed by atoms with E-state index in [1.165, 1.54) is 17.4 Å². The van der Waals surface area contributed by atoms with Gasteiger partial charge in [-0.3, -0.25) is 0 Å². The first-order chi connectivity index (χ1) is 11.6. The zero-order valence-electron chi connectivity index (χ0n) is 14.7. The Hall–Kier alpha value is -1.65. The minimum atomic E-state index is 0.0788. The van der Waals surface area contributed by atoms with Crippen LogP contribution in [-0.2, 0) is 0 Å². The zero-order valence-corrected chi connectivity index (χ0v) is 14.7. The van der Waals surface area contributed by atoms with Gasteiger partial charge in [0.25, 0.3) is 0 Å². The molecule has 4 heteroatoms. The summed E-state index contributed by atoms with van der Waals surface area (Å²) in [7, 11) is 2.21. The number of para-hydroxylation sites is 1. The van der Waals surface area contributed by atoms with E-state index in [4.69, 9.17) is 4.98 Å². The van der Waals surface area contributed by atoms with E-state index in [9.17, 15) is 5.11 Å². The van der Waals surface area contributed by atoms with Crippen LogP contribution in [0.5, 0.6) is 0 Å². The summed E-state index contributed by atoms with van der Waals surface area (Å²) in [5, 5.41) is 11.3. The molecule has 24 heavy (non-hydrogen) atoms. The fraction of sp³-hybridized carbons (Fsp3) is 0.550. The third kappa shape index (κ3) is 2.49. The van der Waals surface area contributed by atoms with Gasteiger partial charge in [-0.15, -0.1) is 0 Å². The fourth-order valence-corrected chi connectivity index (χ4v) is 4.72. The number of pyridine rings is 1. The smallest absolute Gasteiger partial charge is 0.129 e. The van der Waals surface area contributed by atoms with Crippen molar-refractivity contribution in [1.82, 2.24) is 9.88 Å². The van der Waals surface area contributed by atoms with Crippen LogP contribution in [0, 0.1) is 12.3 Å². The number of rotatable bonds is 2. The number of likely N-dealkylation sites (N-methyl/N-ethyl adjacent to an activating group) is 1. The minimum Gasteiger partial charge on any atom is -0.396 e. The van der Waals surface area contributed by atoms with Crippen LogP contribution in [-0.4, -0.2) is 54.3 Å². The average molecular weight is 325 g/mol. The Labute approximate surface area is 144 Å². The molecule has 1 N–H and O–H groups in total. The van der Waals surface area contributed by atoms with Crippen molar-refractivity contribution in [3.8, 4) is 0 Å². The van der Waals surface area contributed by atoms with Crippen molar-refractivity contribution in [2.45, 2.75) is 32.2 Å². The Morgan fingerprint density at radius 1 is 1.25 bits per heavy atom. The van der Waals surface area contributed by atoms with E-state index in [1.807, 2.05) is 0 Å². The topological polar surface area (TPSA) is 39.6 Å². The van der Waals surface area contributed by atoms with Gasteiger partial charge in [0.1, 0.15) is 5.82 Å². The molecule has 4 rings (SSSR count). The summed E-state index contributed by atoms with van der Waals surface area (Å²) in [6.07, 6.45) is 3.39. The van der Waals surface area contributed by atoms with E-state index in [-0.39, 0.29) is 5.41 Å². The summed E-state index contributed by atoms with van der Waals surface area (Å²) in [6.45, 7) is 5.55. The summed E-state index contributed by atoms with van der Waals surface area (Å²) in [6, 6.07) is 11.0. The Morgan fingerprint density at radius 3 is 2.92 bits per heavy atom. The van der Waals surface area contributed by atoms with Gasteiger partial charge in [0.2, 0.25) is 0 Å². The standard InChI is InChI=1S/C20H27N3O/c1-15-12-19(21-17-7-4-3-6-16(15)17)23-11-9-20(14-24)8-5-10-22(2)18(20)13-23/h3-4,6-7,12,18,24H,5,8-11,13-14H2,1-2H3/t18-,20-/m1/s1. The molecule has 128 valence electrons. The first kappa shape index (κ1) is 15.9. The van der Waals surface area contributed by atoms with Gasteiger partial charge in [0.05, 0.1) is 12.1 Å². The van der Waals surface area contributed by atoms with Crippen molar-refractivity contribution in [2.24, 2.45) is 5.41 Å². The molecular weight excluding hydrogens is 298 g/mol. The maximum Gasteiger partial charge on any atom is 0.129 e. The average Bonchev–Trinajstić information content (AvgIpc) is 2.62. The number of aryl methyl sites for hydroxylation is 1. The van der Waals surface area contributed by atoms with E-state index in [0.717, 1.165) is 43.8 Å². The number of anilines is 1. The Bertz CT molecular complexity index is 747. The number of benzene rings is 1. The van der Waals surface area contributed by atoms with E-state index in [2.05, 4.69) is 54.1 Å². The fourth-order valence-electron chi connectivity index (χ4n) is 4.72. The number of hydrogen-bond acceptors (Lipinski definition) is 4. The molecule has 0 saturated carbocycles. The largest absolute Gasteiger partial charge is 0.396 e. The highest BCUT2D eigenvalue weighted by Crippen LogP contribution is 2.42. The molecule has 2 fully saturated rings. The molecule has 2 saturated heterocycles. The van der Waals surface area contributed by atoms with Crippen LogP contribution in [0.25, 0.3) is 10.9 Å². The summed E-state index contributed by atoms with van der Waals surface area (Å²) >= 11 is 0. The van der Waals surface area contributed by atoms with Crippen LogP contribution in [0.1, 0.15) is 24.8 Å². The van der Waals surface area contributed by atoms with Crippen LogP contribution in [0.3, 0.4) is 0 Å². The van der Waals surface area contributed by atoms with Crippen molar-refractivity contribution >= 4 is 16.7 Å². The van der Waals surface area contributed by atoms with Gasteiger partial charge in [0.15, 0.2) is 0 Å². The summed E-state index contributed by atoms with van der Waals surface area (Å²) in [5.74, 6) is 1.08. The lowest BCUT2D eigenvalue weighted by Gasteiger charge is -2.53. The Balaban J connectivity index is 1.66. The number of aliphatic hydroxyl groups excluding tert-OH is 1. The SMILES string of the molecule is Cc1cc(N2CC[C@@]3(CO)CCCN(C)[C@@H]3C2)nc2ccccc12. The lowest BCUT2D eigenvalue weighted by atomic mass is 9.69. The van der Waals surface area contributed by atoms with Gasteiger partial charge in [-0.05, 0) is 57.5 Å². The monoisotopic (exact) mass is 325 g/mol. The predicted molar refractivity (Wildman–Crippen MR) is 98.5 cm³/mol. The van der Waals surface area contributed by atoms with Crippen molar-refractivity contribution in [2.75, 3.05) is 38.2 Å². The van der Waals surface area contributed by atoms with Gasteiger partial charge < -0.3 is 14.9 Å². The quantitative estimate of drug-likeness (QED) is 0.922. The van der Waals surface area contributed by atoms with E-state index in [1.54, 1.807) is 0 Å². The Kier molecular flexibility index (Phi) is 3.97. The Morgan fingerprint density at radius 2 is 2.08 bits per heavy atom. The highest BCUT2D eigenvalue weighted by Gasteiger charge is 2.46. The number of nitrogens with zero attached hydrogens (tertiary/aromatic N) is 3. The summed E-state index contributed by atoms with van der Waals surface area (Å²) < 4.78 is 0. The van der Waals surface area contributed by atoms with Crippen molar-refractivity contribution < 1.29 is 5.11 Å². The zero-order chi connectivity index (χ0) is 16.7. The van der Waals surface area contributed by atoms with E-state index >= 15 is 0 Å². The molecule has 1 aromatic carbocycles. The lowest BCUT2D eigenvalue weighted by molar-refractivity contribution is -0.0277. The maximum atomic E-state index is 10.1. The molecule has 2 atom stereocenters. The highest BCUT2D eigenvalue weighted by molar-refractivity contribution is 5.83. The molecule has 2 aromatic rings.